The third kappa shape index (κ3) is 4.02. The molecule has 0 bridgehead atoms. The molecule has 0 radical (unpaired) electrons. The van der Waals surface area contributed by atoms with E-state index >= 15 is 0 Å². The van der Waals surface area contributed by atoms with E-state index in [0.717, 1.165) is 6.42 Å². The van der Waals surface area contributed by atoms with Gasteiger partial charge in [-0.2, -0.15) is 9.90 Å². The Bertz CT molecular complexity index is 1030. The minimum absolute atomic E-state index is 0.202. The summed E-state index contributed by atoms with van der Waals surface area (Å²) in [7, 11) is 0. The van der Waals surface area contributed by atoms with Gasteiger partial charge in [-0.3, -0.25) is 9.59 Å². The monoisotopic (exact) mass is 413 g/mol. The number of likely N-dealkylation sites (tertiary alicyclic amines) is 1. The molecule has 150 valence electrons. The molecule has 2 aromatic heterocycles. The van der Waals surface area contributed by atoms with Crippen LogP contribution in [-0.2, 0) is 11.3 Å². The lowest BCUT2D eigenvalue weighted by Crippen LogP contribution is -2.46. The average Bonchev–Trinajstić information content (AvgIpc) is 3.46. The second-order valence-corrected chi connectivity index (χ2v) is 7.29. The normalized spacial score (nSPS) is 16.2. The molecule has 1 aliphatic rings. The molecular weight excluding hydrogens is 394 g/mol. The van der Waals surface area contributed by atoms with Crippen molar-refractivity contribution in [3.05, 3.63) is 64.8 Å². The third-order valence-electron chi connectivity index (χ3n) is 4.86. The maximum absolute atomic E-state index is 13.1. The Kier molecular flexibility index (Phi) is 5.35. The van der Waals surface area contributed by atoms with E-state index in [9.17, 15) is 9.59 Å². The lowest BCUT2D eigenvalue weighted by molar-refractivity contribution is -0.125. The van der Waals surface area contributed by atoms with Crippen LogP contribution in [0.2, 0.25) is 5.02 Å². The molecule has 1 aliphatic heterocycles. The van der Waals surface area contributed by atoms with E-state index < -0.39 is 6.04 Å². The van der Waals surface area contributed by atoms with Crippen molar-refractivity contribution in [2.24, 2.45) is 0 Å². The standard InChI is InChI=1S/C20H20ClN5O3/c1-13-18(24-26(23-13)15-6-2-5-14(21)11-15)20(28)25-9-3-8-17(25)19(27)22-12-16-7-4-10-29-16/h2,4-7,10-11,17H,3,8-9,12H2,1H3,(H,22,27). The molecule has 29 heavy (non-hydrogen) atoms. The van der Waals surface area contributed by atoms with Crippen LogP contribution in [-0.4, -0.2) is 44.3 Å². The summed E-state index contributed by atoms with van der Waals surface area (Å²) in [6.07, 6.45) is 2.92. The van der Waals surface area contributed by atoms with Gasteiger partial charge in [-0.05, 0) is 50.1 Å². The van der Waals surface area contributed by atoms with Crippen molar-refractivity contribution in [3.63, 3.8) is 0 Å². The molecule has 1 unspecified atom stereocenters. The van der Waals surface area contributed by atoms with Gasteiger partial charge in [0.2, 0.25) is 5.91 Å². The number of rotatable bonds is 5. The number of aryl methyl sites for hydroxylation is 1. The topological polar surface area (TPSA) is 93.3 Å². The summed E-state index contributed by atoms with van der Waals surface area (Å²) >= 11 is 6.03. The molecule has 2 amide bonds. The van der Waals surface area contributed by atoms with Crippen LogP contribution in [0.3, 0.4) is 0 Å². The number of aromatic nitrogens is 3. The highest BCUT2D eigenvalue weighted by Crippen LogP contribution is 2.22. The summed E-state index contributed by atoms with van der Waals surface area (Å²) in [6, 6.07) is 10.1. The van der Waals surface area contributed by atoms with Gasteiger partial charge in [0, 0.05) is 11.6 Å². The van der Waals surface area contributed by atoms with Crippen molar-refractivity contribution in [2.45, 2.75) is 32.4 Å². The van der Waals surface area contributed by atoms with Crippen LogP contribution in [0, 0.1) is 6.92 Å². The number of halogens is 1. The van der Waals surface area contributed by atoms with Crippen molar-refractivity contribution in [1.82, 2.24) is 25.2 Å². The fraction of sp³-hybridized carbons (Fsp3) is 0.300. The van der Waals surface area contributed by atoms with Gasteiger partial charge in [0.1, 0.15) is 11.8 Å². The van der Waals surface area contributed by atoms with Crippen molar-refractivity contribution >= 4 is 23.4 Å². The van der Waals surface area contributed by atoms with E-state index in [2.05, 4.69) is 15.5 Å². The predicted molar refractivity (Wildman–Crippen MR) is 106 cm³/mol. The summed E-state index contributed by atoms with van der Waals surface area (Å²) in [4.78, 5) is 28.7. The molecule has 0 saturated carbocycles. The summed E-state index contributed by atoms with van der Waals surface area (Å²) < 4.78 is 5.23. The number of hydrogen-bond acceptors (Lipinski definition) is 5. The molecule has 1 fully saturated rings. The third-order valence-corrected chi connectivity index (χ3v) is 5.09. The quantitative estimate of drug-likeness (QED) is 0.694. The summed E-state index contributed by atoms with van der Waals surface area (Å²) in [6.45, 7) is 2.51. The Morgan fingerprint density at radius 1 is 1.28 bits per heavy atom. The van der Waals surface area contributed by atoms with Crippen LogP contribution in [0.1, 0.15) is 34.8 Å². The van der Waals surface area contributed by atoms with Gasteiger partial charge in [-0.1, -0.05) is 17.7 Å². The Labute approximate surface area is 172 Å². The smallest absolute Gasteiger partial charge is 0.277 e. The summed E-state index contributed by atoms with van der Waals surface area (Å²) in [5.74, 6) is 0.160. The number of furan rings is 1. The minimum Gasteiger partial charge on any atom is -0.467 e. The molecule has 3 aromatic rings. The van der Waals surface area contributed by atoms with Crippen molar-refractivity contribution < 1.29 is 14.0 Å². The van der Waals surface area contributed by atoms with E-state index in [1.807, 2.05) is 0 Å². The second-order valence-electron chi connectivity index (χ2n) is 6.86. The Hall–Kier alpha value is -3.13. The number of hydrogen-bond donors (Lipinski definition) is 1. The number of carbonyl (C=O) groups excluding carboxylic acids is 2. The molecule has 1 aromatic carbocycles. The van der Waals surface area contributed by atoms with Crippen LogP contribution in [0.15, 0.2) is 47.1 Å². The number of amides is 2. The first kappa shape index (κ1) is 19.2. The maximum atomic E-state index is 13.1. The van der Waals surface area contributed by atoms with Gasteiger partial charge in [-0.15, -0.1) is 5.10 Å². The lowest BCUT2D eigenvalue weighted by Gasteiger charge is -2.23. The van der Waals surface area contributed by atoms with Crippen LogP contribution < -0.4 is 5.32 Å². The van der Waals surface area contributed by atoms with Crippen molar-refractivity contribution in [2.75, 3.05) is 6.54 Å². The van der Waals surface area contributed by atoms with Crippen LogP contribution in [0.4, 0.5) is 0 Å². The largest absolute Gasteiger partial charge is 0.467 e. The van der Waals surface area contributed by atoms with Crippen LogP contribution >= 0.6 is 11.6 Å². The maximum Gasteiger partial charge on any atom is 0.277 e. The first-order valence-corrected chi connectivity index (χ1v) is 9.71. The first-order valence-electron chi connectivity index (χ1n) is 9.34. The fourth-order valence-corrected chi connectivity index (χ4v) is 3.60. The Balaban J connectivity index is 1.50. The molecule has 1 saturated heterocycles. The number of carbonyl (C=O) groups is 2. The fourth-order valence-electron chi connectivity index (χ4n) is 3.42. The van der Waals surface area contributed by atoms with Crippen LogP contribution in [0.25, 0.3) is 5.69 Å². The van der Waals surface area contributed by atoms with E-state index in [-0.39, 0.29) is 24.1 Å². The highest BCUT2D eigenvalue weighted by Gasteiger charge is 2.36. The van der Waals surface area contributed by atoms with E-state index in [4.69, 9.17) is 16.0 Å². The average molecular weight is 414 g/mol. The van der Waals surface area contributed by atoms with Crippen molar-refractivity contribution in [3.8, 4) is 5.69 Å². The lowest BCUT2D eigenvalue weighted by atomic mass is 10.2. The SMILES string of the molecule is Cc1nn(-c2cccc(Cl)c2)nc1C(=O)N1CCCC1C(=O)NCc1ccco1. The predicted octanol–water partition coefficient (Wildman–Crippen LogP) is 2.74. The molecular formula is C20H20ClN5O3. The molecule has 9 heteroatoms. The molecule has 0 spiro atoms. The van der Waals surface area contributed by atoms with Crippen LogP contribution in [0.5, 0.6) is 0 Å². The molecule has 3 heterocycles. The van der Waals surface area contributed by atoms with Gasteiger partial charge in [0.05, 0.1) is 24.2 Å². The van der Waals surface area contributed by atoms with Gasteiger partial charge < -0.3 is 14.6 Å². The zero-order valence-corrected chi connectivity index (χ0v) is 16.6. The highest BCUT2D eigenvalue weighted by atomic mass is 35.5. The summed E-state index contributed by atoms with van der Waals surface area (Å²) in [5.41, 5.74) is 1.39. The van der Waals surface area contributed by atoms with E-state index in [1.165, 1.54) is 4.80 Å². The molecule has 1 N–H and O–H groups in total. The second kappa shape index (κ2) is 8.08. The number of benzene rings is 1. The van der Waals surface area contributed by atoms with Gasteiger partial charge in [0.25, 0.3) is 5.91 Å². The van der Waals surface area contributed by atoms with Gasteiger partial charge >= 0.3 is 0 Å². The highest BCUT2D eigenvalue weighted by molar-refractivity contribution is 6.30. The molecule has 0 aliphatic carbocycles. The number of nitrogens with one attached hydrogen (secondary N) is 1. The van der Waals surface area contributed by atoms with Gasteiger partial charge in [0.15, 0.2) is 5.69 Å². The summed E-state index contributed by atoms with van der Waals surface area (Å²) in [5, 5.41) is 12.1. The first-order chi connectivity index (χ1) is 14.0. The minimum atomic E-state index is -0.534. The molecule has 1 atom stereocenters. The van der Waals surface area contributed by atoms with E-state index in [0.29, 0.717) is 35.1 Å². The molecule has 4 rings (SSSR count). The number of nitrogens with zero attached hydrogens (tertiary/aromatic N) is 4. The van der Waals surface area contributed by atoms with E-state index in [1.54, 1.807) is 54.5 Å². The van der Waals surface area contributed by atoms with Gasteiger partial charge in [-0.25, -0.2) is 0 Å². The molecule has 8 nitrogen and oxygen atoms in total. The Morgan fingerprint density at radius 2 is 2.14 bits per heavy atom. The Morgan fingerprint density at radius 3 is 2.90 bits per heavy atom. The zero-order chi connectivity index (χ0) is 20.4. The zero-order valence-electron chi connectivity index (χ0n) is 15.8. The van der Waals surface area contributed by atoms with Crippen molar-refractivity contribution in [1.29, 1.82) is 0 Å².